The molecule has 1 fully saturated rings. The second kappa shape index (κ2) is 5.98. The number of nitrogens with zero attached hydrogens (tertiary/aromatic N) is 2. The van der Waals surface area contributed by atoms with Crippen LogP contribution in [0.5, 0.6) is 0 Å². The fourth-order valence-electron chi connectivity index (χ4n) is 2.26. The highest BCUT2D eigenvalue weighted by Crippen LogP contribution is 2.19. The molecule has 0 bridgehead atoms. The quantitative estimate of drug-likeness (QED) is 0.881. The van der Waals surface area contributed by atoms with Crippen LogP contribution >= 0.6 is 0 Å². The molecule has 2 rings (SSSR count). The van der Waals surface area contributed by atoms with Gasteiger partial charge in [-0.25, -0.2) is 12.7 Å². The van der Waals surface area contributed by atoms with Crippen molar-refractivity contribution in [3.8, 4) is 0 Å². The predicted octanol–water partition coefficient (Wildman–Crippen LogP) is 0.657. The minimum Gasteiger partial charge on any atom is -0.393 e. The Balaban J connectivity index is 1.95. The van der Waals surface area contributed by atoms with Gasteiger partial charge in [0.25, 0.3) is 0 Å². The van der Waals surface area contributed by atoms with Gasteiger partial charge < -0.3 is 5.11 Å². The lowest BCUT2D eigenvalue weighted by molar-refractivity contribution is 0.0629. The molecule has 6 heteroatoms. The summed E-state index contributed by atoms with van der Waals surface area (Å²) in [6.07, 6.45) is 2.23. The van der Waals surface area contributed by atoms with Crippen LogP contribution in [0.1, 0.15) is 19.0 Å². The molecular weight excluding hydrogens is 264 g/mol. The van der Waals surface area contributed by atoms with Crippen LogP contribution in [-0.4, -0.2) is 47.8 Å². The van der Waals surface area contributed by atoms with Gasteiger partial charge in [0.2, 0.25) is 10.0 Å². The maximum Gasteiger partial charge on any atom is 0.214 e. The van der Waals surface area contributed by atoms with Gasteiger partial charge in [0, 0.05) is 31.4 Å². The van der Waals surface area contributed by atoms with Crippen LogP contribution in [0.25, 0.3) is 0 Å². The lowest BCUT2D eigenvalue weighted by Crippen LogP contribution is -2.45. The molecule has 5 nitrogen and oxygen atoms in total. The van der Waals surface area contributed by atoms with Gasteiger partial charge in [-0.15, -0.1) is 0 Å². The summed E-state index contributed by atoms with van der Waals surface area (Å²) in [5, 5.41) is 9.64. The SMILES string of the molecule is CC1CN(S(=O)(=O)CCc2ccccn2)CCC1O. The van der Waals surface area contributed by atoms with Crippen LogP contribution in [0.2, 0.25) is 0 Å². The molecule has 19 heavy (non-hydrogen) atoms. The molecule has 0 spiro atoms. The maximum absolute atomic E-state index is 12.2. The van der Waals surface area contributed by atoms with E-state index in [0.717, 1.165) is 5.69 Å². The van der Waals surface area contributed by atoms with Crippen molar-refractivity contribution in [1.82, 2.24) is 9.29 Å². The van der Waals surface area contributed by atoms with Crippen molar-refractivity contribution in [2.24, 2.45) is 5.92 Å². The van der Waals surface area contributed by atoms with Crippen molar-refractivity contribution in [2.75, 3.05) is 18.8 Å². The van der Waals surface area contributed by atoms with Gasteiger partial charge in [-0.3, -0.25) is 4.98 Å². The van der Waals surface area contributed by atoms with Crippen LogP contribution in [0, 0.1) is 5.92 Å². The molecule has 0 aliphatic carbocycles. The molecule has 2 heterocycles. The number of aryl methyl sites for hydroxylation is 1. The number of hydrogen-bond acceptors (Lipinski definition) is 4. The van der Waals surface area contributed by atoms with Crippen LogP contribution in [-0.2, 0) is 16.4 Å². The molecule has 106 valence electrons. The zero-order chi connectivity index (χ0) is 13.9. The number of aromatic nitrogens is 1. The molecule has 1 aromatic rings. The van der Waals surface area contributed by atoms with Gasteiger partial charge in [-0.2, -0.15) is 0 Å². The van der Waals surface area contributed by atoms with E-state index in [0.29, 0.717) is 25.9 Å². The Labute approximate surface area is 114 Å². The van der Waals surface area contributed by atoms with Crippen molar-refractivity contribution in [3.05, 3.63) is 30.1 Å². The lowest BCUT2D eigenvalue weighted by Gasteiger charge is -2.33. The van der Waals surface area contributed by atoms with E-state index in [2.05, 4.69) is 4.98 Å². The van der Waals surface area contributed by atoms with Gasteiger partial charge in [0.15, 0.2) is 0 Å². The Hall–Kier alpha value is -0.980. The molecule has 1 aliphatic heterocycles. The van der Waals surface area contributed by atoms with Gasteiger partial charge in [-0.1, -0.05) is 13.0 Å². The summed E-state index contributed by atoms with van der Waals surface area (Å²) in [5.74, 6) is 0.0747. The number of aliphatic hydroxyl groups is 1. The molecular formula is C13H20N2O3S. The third-order valence-corrected chi connectivity index (χ3v) is 5.40. The van der Waals surface area contributed by atoms with E-state index in [1.54, 1.807) is 6.20 Å². The largest absolute Gasteiger partial charge is 0.393 e. The Morgan fingerprint density at radius 1 is 1.47 bits per heavy atom. The molecule has 0 saturated carbocycles. The first-order valence-electron chi connectivity index (χ1n) is 6.55. The number of aliphatic hydroxyl groups excluding tert-OH is 1. The monoisotopic (exact) mass is 284 g/mol. The van der Waals surface area contributed by atoms with Gasteiger partial charge in [0.1, 0.15) is 0 Å². The normalized spacial score (nSPS) is 25.4. The van der Waals surface area contributed by atoms with E-state index in [1.807, 2.05) is 25.1 Å². The molecule has 0 amide bonds. The standard InChI is InChI=1S/C13H20N2O3S/c1-11-10-15(8-5-13(11)16)19(17,18)9-6-12-4-2-3-7-14-12/h2-4,7,11,13,16H,5-6,8-10H2,1H3. The first-order valence-corrected chi connectivity index (χ1v) is 8.16. The predicted molar refractivity (Wildman–Crippen MR) is 73.1 cm³/mol. The fraction of sp³-hybridized carbons (Fsp3) is 0.615. The number of pyridine rings is 1. The van der Waals surface area contributed by atoms with Crippen LogP contribution in [0.15, 0.2) is 24.4 Å². The summed E-state index contributed by atoms with van der Waals surface area (Å²) in [4.78, 5) is 4.13. The second-order valence-electron chi connectivity index (χ2n) is 5.08. The van der Waals surface area contributed by atoms with E-state index in [9.17, 15) is 13.5 Å². The molecule has 0 aromatic carbocycles. The van der Waals surface area contributed by atoms with E-state index in [1.165, 1.54) is 4.31 Å². The van der Waals surface area contributed by atoms with Crippen molar-refractivity contribution in [3.63, 3.8) is 0 Å². The zero-order valence-corrected chi connectivity index (χ0v) is 11.9. The van der Waals surface area contributed by atoms with Gasteiger partial charge in [-0.05, 0) is 24.5 Å². The number of piperidine rings is 1. The minimum atomic E-state index is -3.26. The molecule has 2 unspecified atom stereocenters. The second-order valence-corrected chi connectivity index (χ2v) is 7.17. The highest BCUT2D eigenvalue weighted by molar-refractivity contribution is 7.89. The topological polar surface area (TPSA) is 70.5 Å². The van der Waals surface area contributed by atoms with Gasteiger partial charge >= 0.3 is 0 Å². The van der Waals surface area contributed by atoms with E-state index in [-0.39, 0.29) is 17.8 Å². The molecule has 1 aromatic heterocycles. The summed E-state index contributed by atoms with van der Waals surface area (Å²) >= 11 is 0. The van der Waals surface area contributed by atoms with Crippen LogP contribution in [0.3, 0.4) is 0 Å². The van der Waals surface area contributed by atoms with E-state index < -0.39 is 10.0 Å². The molecule has 0 radical (unpaired) electrons. The summed E-state index contributed by atoms with van der Waals surface area (Å²) < 4.78 is 25.9. The maximum atomic E-state index is 12.2. The average molecular weight is 284 g/mol. The van der Waals surface area contributed by atoms with Crippen LogP contribution in [0.4, 0.5) is 0 Å². The number of rotatable bonds is 4. The fourth-order valence-corrected chi connectivity index (χ4v) is 3.83. The minimum absolute atomic E-state index is 0.00150. The zero-order valence-electron chi connectivity index (χ0n) is 11.1. The van der Waals surface area contributed by atoms with Gasteiger partial charge in [0.05, 0.1) is 11.9 Å². The Kier molecular flexibility index (Phi) is 4.54. The van der Waals surface area contributed by atoms with E-state index in [4.69, 9.17) is 0 Å². The first-order chi connectivity index (χ1) is 8.99. The molecule has 1 N–H and O–H groups in total. The van der Waals surface area contributed by atoms with Crippen molar-refractivity contribution < 1.29 is 13.5 Å². The average Bonchev–Trinajstić information content (AvgIpc) is 2.41. The van der Waals surface area contributed by atoms with Crippen molar-refractivity contribution >= 4 is 10.0 Å². The first kappa shape index (κ1) is 14.4. The third-order valence-electron chi connectivity index (χ3n) is 3.56. The summed E-state index contributed by atoms with van der Waals surface area (Å²) in [6, 6.07) is 5.50. The van der Waals surface area contributed by atoms with Crippen LogP contribution < -0.4 is 0 Å². The van der Waals surface area contributed by atoms with Crippen molar-refractivity contribution in [2.45, 2.75) is 25.9 Å². The summed E-state index contributed by atoms with van der Waals surface area (Å²) in [6.45, 7) is 2.70. The molecule has 1 aliphatic rings. The molecule has 2 atom stereocenters. The highest BCUT2D eigenvalue weighted by Gasteiger charge is 2.31. The lowest BCUT2D eigenvalue weighted by atomic mass is 9.99. The highest BCUT2D eigenvalue weighted by atomic mass is 32.2. The Morgan fingerprint density at radius 2 is 2.26 bits per heavy atom. The smallest absolute Gasteiger partial charge is 0.214 e. The number of sulfonamides is 1. The van der Waals surface area contributed by atoms with Crippen molar-refractivity contribution in [1.29, 1.82) is 0 Å². The number of hydrogen-bond donors (Lipinski definition) is 1. The Bertz CT molecular complexity index is 504. The van der Waals surface area contributed by atoms with E-state index >= 15 is 0 Å². The summed E-state index contributed by atoms with van der Waals surface area (Å²) in [5.41, 5.74) is 0.788. The summed E-state index contributed by atoms with van der Waals surface area (Å²) in [7, 11) is -3.26. The molecule has 1 saturated heterocycles. The third kappa shape index (κ3) is 3.75. The Morgan fingerprint density at radius 3 is 2.89 bits per heavy atom.